The minimum Gasteiger partial charge on any atom is -0.497 e. The van der Waals surface area contributed by atoms with E-state index in [0.717, 1.165) is 4.90 Å². The van der Waals surface area contributed by atoms with E-state index in [1.807, 2.05) is 0 Å². The molecule has 1 aliphatic rings. The first-order valence-corrected chi connectivity index (χ1v) is 7.37. The molecule has 0 aliphatic carbocycles. The summed E-state index contributed by atoms with van der Waals surface area (Å²) >= 11 is 0. The number of carbonyl (C=O) groups excluding carboxylic acids is 3. The van der Waals surface area contributed by atoms with E-state index in [1.54, 1.807) is 42.7 Å². The number of carbonyl (C=O) groups is 3. The predicted molar refractivity (Wildman–Crippen MR) is 89.9 cm³/mol. The Morgan fingerprint density at radius 2 is 1.96 bits per heavy atom. The predicted octanol–water partition coefficient (Wildman–Crippen LogP) is 1.69. The number of nitrogens with one attached hydrogen (secondary N) is 1. The van der Waals surface area contributed by atoms with Gasteiger partial charge in [-0.25, -0.2) is 9.69 Å². The molecule has 1 aromatic heterocycles. The van der Waals surface area contributed by atoms with Crippen molar-refractivity contribution in [1.29, 1.82) is 0 Å². The maximum absolute atomic E-state index is 12.7. The van der Waals surface area contributed by atoms with Crippen molar-refractivity contribution in [3.8, 4) is 5.75 Å². The Hall–Kier alpha value is -3.55. The van der Waals surface area contributed by atoms with Gasteiger partial charge in [0.05, 0.1) is 18.5 Å². The van der Waals surface area contributed by atoms with Crippen LogP contribution in [0.1, 0.15) is 0 Å². The average molecular weight is 338 g/mol. The maximum Gasteiger partial charge on any atom is 0.335 e. The van der Waals surface area contributed by atoms with E-state index in [4.69, 9.17) is 4.74 Å². The van der Waals surface area contributed by atoms with Gasteiger partial charge in [-0.05, 0) is 24.3 Å². The van der Waals surface area contributed by atoms with Crippen LogP contribution in [0.15, 0.2) is 53.8 Å². The summed E-state index contributed by atoms with van der Waals surface area (Å²) in [5, 5.41) is 2.16. The summed E-state index contributed by atoms with van der Waals surface area (Å²) < 4.78 is 5.10. The van der Waals surface area contributed by atoms with Crippen molar-refractivity contribution in [1.82, 2.24) is 10.3 Å². The van der Waals surface area contributed by atoms with Crippen molar-refractivity contribution in [2.75, 3.05) is 12.0 Å². The fourth-order valence-electron chi connectivity index (χ4n) is 2.31. The molecular weight excluding hydrogens is 324 g/mol. The smallest absolute Gasteiger partial charge is 0.335 e. The number of amides is 4. The van der Waals surface area contributed by atoms with Gasteiger partial charge in [0.15, 0.2) is 5.92 Å². The Kier molecular flexibility index (Phi) is 4.51. The number of hydrogen-bond donors (Lipinski definition) is 1. The molecule has 0 saturated carbocycles. The number of hydrogen-bond acceptors (Lipinski definition) is 6. The number of urea groups is 1. The number of ether oxygens (including phenoxy) is 1. The lowest BCUT2D eigenvalue weighted by molar-refractivity contribution is -0.131. The van der Waals surface area contributed by atoms with Gasteiger partial charge in [0.2, 0.25) is 5.91 Å². The molecule has 1 aromatic carbocycles. The van der Waals surface area contributed by atoms with Crippen LogP contribution >= 0.6 is 0 Å². The molecule has 2 heterocycles. The second kappa shape index (κ2) is 6.91. The van der Waals surface area contributed by atoms with E-state index in [2.05, 4.69) is 15.3 Å². The van der Waals surface area contributed by atoms with E-state index < -0.39 is 23.8 Å². The van der Waals surface area contributed by atoms with Gasteiger partial charge in [0.25, 0.3) is 5.91 Å². The minimum atomic E-state index is -1.21. The van der Waals surface area contributed by atoms with Gasteiger partial charge < -0.3 is 4.74 Å². The third kappa shape index (κ3) is 3.37. The zero-order valence-corrected chi connectivity index (χ0v) is 13.2. The lowest BCUT2D eigenvalue weighted by Crippen LogP contribution is -2.58. The number of anilines is 1. The molecule has 0 radical (unpaired) electrons. The number of rotatable bonds is 4. The van der Waals surface area contributed by atoms with Gasteiger partial charge in [-0.2, -0.15) is 0 Å². The number of barbiturate groups is 1. The van der Waals surface area contributed by atoms with Crippen LogP contribution in [-0.2, 0) is 9.59 Å². The summed E-state index contributed by atoms with van der Waals surface area (Å²) in [6.07, 6.45) is 4.30. The van der Waals surface area contributed by atoms with Gasteiger partial charge in [-0.15, -0.1) is 0 Å². The summed E-state index contributed by atoms with van der Waals surface area (Å²) in [6.45, 7) is 0. The van der Waals surface area contributed by atoms with Crippen LogP contribution in [0.5, 0.6) is 5.75 Å². The van der Waals surface area contributed by atoms with Gasteiger partial charge >= 0.3 is 6.03 Å². The molecule has 0 spiro atoms. The van der Waals surface area contributed by atoms with Crippen LogP contribution in [0, 0.1) is 5.92 Å². The van der Waals surface area contributed by atoms with E-state index in [1.165, 1.54) is 19.4 Å². The molecule has 1 saturated heterocycles. The summed E-state index contributed by atoms with van der Waals surface area (Å²) in [7, 11) is 1.48. The van der Waals surface area contributed by atoms with Crippen LogP contribution in [0.2, 0.25) is 0 Å². The van der Waals surface area contributed by atoms with Crippen molar-refractivity contribution >= 4 is 35.4 Å². The van der Waals surface area contributed by atoms with Crippen LogP contribution in [-0.4, -0.2) is 36.2 Å². The highest BCUT2D eigenvalue weighted by molar-refractivity contribution is 6.32. The quantitative estimate of drug-likeness (QED) is 0.675. The van der Waals surface area contributed by atoms with E-state index in [9.17, 15) is 14.4 Å². The van der Waals surface area contributed by atoms with Gasteiger partial charge in [-0.3, -0.25) is 24.9 Å². The monoisotopic (exact) mass is 338 g/mol. The fraction of sp³-hybridized carbons (Fsp3) is 0.118. The van der Waals surface area contributed by atoms with Gasteiger partial charge in [0.1, 0.15) is 5.75 Å². The molecule has 4 amide bonds. The lowest BCUT2D eigenvalue weighted by atomic mass is 10.1. The summed E-state index contributed by atoms with van der Waals surface area (Å²) in [4.78, 5) is 45.7. The largest absolute Gasteiger partial charge is 0.497 e. The molecule has 1 fully saturated rings. The van der Waals surface area contributed by atoms with Crippen LogP contribution in [0.25, 0.3) is 0 Å². The van der Waals surface area contributed by atoms with E-state index in [0.29, 0.717) is 17.1 Å². The fourth-order valence-corrected chi connectivity index (χ4v) is 2.31. The third-order valence-corrected chi connectivity index (χ3v) is 3.55. The number of benzene rings is 1. The zero-order valence-electron chi connectivity index (χ0n) is 13.2. The van der Waals surface area contributed by atoms with Crippen molar-refractivity contribution in [2.24, 2.45) is 10.9 Å². The highest BCUT2D eigenvalue weighted by atomic mass is 16.5. The van der Waals surface area contributed by atoms with Crippen molar-refractivity contribution in [3.05, 3.63) is 48.8 Å². The van der Waals surface area contributed by atoms with Crippen molar-refractivity contribution < 1.29 is 19.1 Å². The van der Waals surface area contributed by atoms with Crippen LogP contribution in [0.4, 0.5) is 16.2 Å². The standard InChI is InChI=1S/C17H14N4O4/c1-25-13-4-2-3-12(9-13)21-16(23)14(15(22)20-17(21)24)10-19-11-5-7-18-8-6-11/h2-10,14H,1H3,(H,20,22,24)/t14-/m0/s1. The highest BCUT2D eigenvalue weighted by Crippen LogP contribution is 2.24. The van der Waals surface area contributed by atoms with E-state index >= 15 is 0 Å². The topological polar surface area (TPSA) is 101 Å². The second-order valence-corrected chi connectivity index (χ2v) is 5.13. The zero-order chi connectivity index (χ0) is 17.8. The molecule has 0 bridgehead atoms. The average Bonchev–Trinajstić information content (AvgIpc) is 2.62. The number of nitrogens with zero attached hydrogens (tertiary/aromatic N) is 3. The molecule has 126 valence electrons. The molecule has 25 heavy (non-hydrogen) atoms. The van der Waals surface area contributed by atoms with Gasteiger partial charge in [-0.1, -0.05) is 6.07 Å². The number of imide groups is 2. The van der Waals surface area contributed by atoms with Crippen LogP contribution < -0.4 is 15.0 Å². The Bertz CT molecular complexity index is 851. The SMILES string of the molecule is COc1cccc(N2C(=O)NC(=O)[C@H](C=Nc3ccncc3)C2=O)c1. The molecule has 1 aliphatic heterocycles. The number of aromatic nitrogens is 1. The molecule has 3 rings (SSSR count). The molecular formula is C17H14N4O4. The molecule has 1 atom stereocenters. The molecule has 2 aromatic rings. The Morgan fingerprint density at radius 1 is 1.20 bits per heavy atom. The van der Waals surface area contributed by atoms with Gasteiger partial charge in [0, 0.05) is 24.7 Å². The Balaban J connectivity index is 1.90. The first-order chi connectivity index (χ1) is 12.1. The van der Waals surface area contributed by atoms with E-state index in [-0.39, 0.29) is 0 Å². The first-order valence-electron chi connectivity index (χ1n) is 7.37. The van der Waals surface area contributed by atoms with Crippen molar-refractivity contribution in [3.63, 3.8) is 0 Å². The Labute approximate surface area is 143 Å². The molecule has 0 unspecified atom stereocenters. The van der Waals surface area contributed by atoms with Crippen molar-refractivity contribution in [2.45, 2.75) is 0 Å². The molecule has 1 N–H and O–H groups in total. The molecule has 8 heteroatoms. The number of aliphatic imine (C=N–C) groups is 1. The number of pyridine rings is 1. The normalized spacial score (nSPS) is 17.7. The molecule has 8 nitrogen and oxygen atoms in total. The minimum absolute atomic E-state index is 0.302. The summed E-state index contributed by atoms with van der Waals surface area (Å²) in [5.74, 6) is -2.12. The summed E-state index contributed by atoms with van der Waals surface area (Å²) in [6, 6.07) is 8.89. The maximum atomic E-state index is 12.7. The van der Waals surface area contributed by atoms with Crippen LogP contribution in [0.3, 0.4) is 0 Å². The second-order valence-electron chi connectivity index (χ2n) is 5.13. The third-order valence-electron chi connectivity index (χ3n) is 3.55. The first kappa shape index (κ1) is 16.3. The highest BCUT2D eigenvalue weighted by Gasteiger charge is 2.40. The summed E-state index contributed by atoms with van der Waals surface area (Å²) in [5.41, 5.74) is 0.845. The lowest BCUT2D eigenvalue weighted by Gasteiger charge is -2.28. The number of methoxy groups -OCH3 is 1. The Morgan fingerprint density at radius 3 is 2.68 bits per heavy atom.